The number of amides is 2. The number of rotatable bonds is 7. The molecule has 0 radical (unpaired) electrons. The Labute approximate surface area is 111 Å². The Balaban J connectivity index is 2.34. The molecule has 1 unspecified atom stereocenters. The van der Waals surface area contributed by atoms with E-state index in [9.17, 15) is 9.59 Å². The van der Waals surface area contributed by atoms with Crippen LogP contribution in [-0.2, 0) is 9.53 Å². The van der Waals surface area contributed by atoms with Gasteiger partial charge in [0.2, 0.25) is 0 Å². The van der Waals surface area contributed by atoms with Crippen molar-refractivity contribution in [2.45, 2.75) is 6.42 Å². The van der Waals surface area contributed by atoms with Crippen molar-refractivity contribution in [3.63, 3.8) is 0 Å². The van der Waals surface area contributed by atoms with Crippen molar-refractivity contribution in [1.82, 2.24) is 10.2 Å². The van der Waals surface area contributed by atoms with E-state index in [4.69, 9.17) is 9.84 Å². The number of carbonyl (C=O) groups excluding carboxylic acids is 1. The van der Waals surface area contributed by atoms with Crippen molar-refractivity contribution >= 4 is 23.8 Å². The molecule has 0 spiro atoms. The number of ether oxygens (including phenoxy) is 1. The maximum Gasteiger partial charge on any atom is 0.323 e. The van der Waals surface area contributed by atoms with Crippen molar-refractivity contribution in [1.29, 1.82) is 0 Å². The molecule has 1 saturated heterocycles. The standard InChI is InChI=1S/C11H20N2O4S/c1-17-4-3-13(7-10(14)15)11(16)12-6-9-2-5-18-8-9/h9H,2-8H2,1H3,(H,12,16)(H,14,15). The van der Waals surface area contributed by atoms with Crippen LogP contribution in [0, 0.1) is 5.92 Å². The second-order valence-corrected chi connectivity index (χ2v) is 5.37. The Morgan fingerprint density at radius 3 is 2.89 bits per heavy atom. The van der Waals surface area contributed by atoms with Crippen LogP contribution in [0.15, 0.2) is 0 Å². The van der Waals surface area contributed by atoms with Gasteiger partial charge in [-0.05, 0) is 23.8 Å². The number of aliphatic carboxylic acids is 1. The second kappa shape index (κ2) is 8.20. The van der Waals surface area contributed by atoms with E-state index in [1.165, 1.54) is 12.0 Å². The first-order chi connectivity index (χ1) is 8.63. The predicted octanol–water partition coefficient (Wildman–Crippen LogP) is 0.482. The minimum Gasteiger partial charge on any atom is -0.480 e. The number of urea groups is 1. The number of nitrogens with zero attached hydrogens (tertiary/aromatic N) is 1. The van der Waals surface area contributed by atoms with E-state index >= 15 is 0 Å². The second-order valence-electron chi connectivity index (χ2n) is 4.22. The highest BCUT2D eigenvalue weighted by molar-refractivity contribution is 7.99. The van der Waals surface area contributed by atoms with Gasteiger partial charge in [0.1, 0.15) is 6.54 Å². The van der Waals surface area contributed by atoms with Gasteiger partial charge < -0.3 is 20.1 Å². The third-order valence-electron chi connectivity index (χ3n) is 2.74. The van der Waals surface area contributed by atoms with Gasteiger partial charge in [-0.2, -0.15) is 11.8 Å². The summed E-state index contributed by atoms with van der Waals surface area (Å²) in [7, 11) is 1.52. The molecule has 7 heteroatoms. The average Bonchev–Trinajstić information content (AvgIpc) is 2.84. The molecule has 0 saturated carbocycles. The molecule has 104 valence electrons. The van der Waals surface area contributed by atoms with Crippen LogP contribution >= 0.6 is 11.8 Å². The smallest absolute Gasteiger partial charge is 0.323 e. The van der Waals surface area contributed by atoms with Gasteiger partial charge in [0.15, 0.2) is 0 Å². The van der Waals surface area contributed by atoms with E-state index < -0.39 is 5.97 Å². The highest BCUT2D eigenvalue weighted by atomic mass is 32.2. The average molecular weight is 276 g/mol. The Morgan fingerprint density at radius 1 is 1.56 bits per heavy atom. The Bertz CT molecular complexity index is 282. The molecule has 1 fully saturated rings. The van der Waals surface area contributed by atoms with Crippen molar-refractivity contribution in [3.8, 4) is 0 Å². The van der Waals surface area contributed by atoms with Crippen LogP contribution in [0.5, 0.6) is 0 Å². The summed E-state index contributed by atoms with van der Waals surface area (Å²) in [6.45, 7) is 0.942. The molecule has 2 N–H and O–H groups in total. The Hall–Kier alpha value is -0.950. The number of nitrogens with one attached hydrogen (secondary N) is 1. The monoisotopic (exact) mass is 276 g/mol. The van der Waals surface area contributed by atoms with Gasteiger partial charge in [0, 0.05) is 20.2 Å². The van der Waals surface area contributed by atoms with Gasteiger partial charge in [0.25, 0.3) is 0 Å². The van der Waals surface area contributed by atoms with Crippen LogP contribution in [0.4, 0.5) is 4.79 Å². The molecule has 1 rings (SSSR count). The lowest BCUT2D eigenvalue weighted by Gasteiger charge is -2.21. The van der Waals surface area contributed by atoms with Crippen LogP contribution < -0.4 is 5.32 Å². The first-order valence-corrected chi connectivity index (χ1v) is 7.10. The zero-order valence-electron chi connectivity index (χ0n) is 10.6. The minimum atomic E-state index is -1.02. The fourth-order valence-corrected chi connectivity index (χ4v) is 2.99. The first-order valence-electron chi connectivity index (χ1n) is 5.94. The van der Waals surface area contributed by atoms with Gasteiger partial charge in [-0.1, -0.05) is 0 Å². The predicted molar refractivity (Wildman–Crippen MR) is 69.9 cm³/mol. The third-order valence-corrected chi connectivity index (χ3v) is 3.98. The molecule has 18 heavy (non-hydrogen) atoms. The van der Waals surface area contributed by atoms with E-state index in [-0.39, 0.29) is 19.1 Å². The molecule has 6 nitrogen and oxygen atoms in total. The van der Waals surface area contributed by atoms with Crippen molar-refractivity contribution < 1.29 is 19.4 Å². The summed E-state index contributed by atoms with van der Waals surface area (Å²) < 4.78 is 4.86. The maximum absolute atomic E-state index is 11.8. The largest absolute Gasteiger partial charge is 0.480 e. The van der Waals surface area contributed by atoms with Crippen LogP contribution in [-0.4, -0.2) is 66.9 Å². The van der Waals surface area contributed by atoms with Crippen LogP contribution in [0.1, 0.15) is 6.42 Å². The normalized spacial score (nSPS) is 18.6. The highest BCUT2D eigenvalue weighted by Gasteiger charge is 2.19. The fraction of sp³-hybridized carbons (Fsp3) is 0.818. The molecule has 1 aliphatic rings. The van der Waals surface area contributed by atoms with E-state index in [2.05, 4.69) is 5.32 Å². The van der Waals surface area contributed by atoms with E-state index in [1.54, 1.807) is 0 Å². The molecule has 0 bridgehead atoms. The quantitative estimate of drug-likeness (QED) is 0.707. The van der Waals surface area contributed by atoms with Crippen LogP contribution in [0.25, 0.3) is 0 Å². The van der Waals surface area contributed by atoms with Crippen molar-refractivity contribution in [3.05, 3.63) is 0 Å². The minimum absolute atomic E-state index is 0.286. The van der Waals surface area contributed by atoms with Gasteiger partial charge in [-0.15, -0.1) is 0 Å². The van der Waals surface area contributed by atoms with Crippen LogP contribution in [0.3, 0.4) is 0 Å². The van der Waals surface area contributed by atoms with Crippen molar-refractivity contribution in [2.75, 3.05) is 44.9 Å². The number of hydrogen-bond donors (Lipinski definition) is 2. The molecular weight excluding hydrogens is 256 g/mol. The molecule has 1 aliphatic heterocycles. The summed E-state index contributed by atoms with van der Waals surface area (Å²) in [6, 6.07) is -0.327. The van der Waals surface area contributed by atoms with Gasteiger partial charge in [-0.3, -0.25) is 4.79 Å². The number of methoxy groups -OCH3 is 1. The first kappa shape index (κ1) is 15.1. The summed E-state index contributed by atoms with van der Waals surface area (Å²) in [6.07, 6.45) is 1.11. The maximum atomic E-state index is 11.8. The lowest BCUT2D eigenvalue weighted by Crippen LogP contribution is -2.45. The molecule has 2 amide bonds. The van der Waals surface area contributed by atoms with Crippen LogP contribution in [0.2, 0.25) is 0 Å². The summed E-state index contributed by atoms with van der Waals surface area (Å²) in [5, 5.41) is 11.5. The fourth-order valence-electron chi connectivity index (χ4n) is 1.70. The van der Waals surface area contributed by atoms with Gasteiger partial charge >= 0.3 is 12.0 Å². The topological polar surface area (TPSA) is 78.9 Å². The molecule has 0 aromatic rings. The highest BCUT2D eigenvalue weighted by Crippen LogP contribution is 2.22. The number of carbonyl (C=O) groups is 2. The van der Waals surface area contributed by atoms with E-state index in [1.807, 2.05) is 11.8 Å². The lowest BCUT2D eigenvalue weighted by atomic mass is 10.1. The van der Waals surface area contributed by atoms with Gasteiger partial charge in [0.05, 0.1) is 6.61 Å². The zero-order valence-corrected chi connectivity index (χ0v) is 11.4. The zero-order chi connectivity index (χ0) is 13.4. The van der Waals surface area contributed by atoms with Crippen molar-refractivity contribution in [2.24, 2.45) is 5.92 Å². The Kier molecular flexibility index (Phi) is 6.89. The molecule has 0 aliphatic carbocycles. The molecule has 1 heterocycles. The van der Waals surface area contributed by atoms with E-state index in [0.717, 1.165) is 17.9 Å². The van der Waals surface area contributed by atoms with E-state index in [0.29, 0.717) is 19.1 Å². The summed E-state index contributed by atoms with van der Waals surface area (Å²) in [5.41, 5.74) is 0. The third kappa shape index (κ3) is 5.59. The summed E-state index contributed by atoms with van der Waals surface area (Å²) in [5.74, 6) is 1.70. The number of carboxylic acid groups (broad SMARTS) is 1. The molecular formula is C11H20N2O4S. The Morgan fingerprint density at radius 2 is 2.33 bits per heavy atom. The number of thioether (sulfide) groups is 1. The van der Waals surface area contributed by atoms with Gasteiger partial charge in [-0.25, -0.2) is 4.79 Å². The lowest BCUT2D eigenvalue weighted by molar-refractivity contribution is -0.137. The molecule has 0 aromatic heterocycles. The molecule has 0 aromatic carbocycles. The molecule has 1 atom stereocenters. The summed E-state index contributed by atoms with van der Waals surface area (Å²) in [4.78, 5) is 23.8. The number of hydrogen-bond acceptors (Lipinski definition) is 4. The summed E-state index contributed by atoms with van der Waals surface area (Å²) >= 11 is 1.89. The number of carboxylic acids is 1. The SMILES string of the molecule is COCCN(CC(=O)O)C(=O)NCC1CCSC1.